The molecule has 9 heteroatoms. The average Bonchev–Trinajstić information content (AvgIpc) is 2.95. The van der Waals surface area contributed by atoms with Crippen molar-refractivity contribution in [2.45, 2.75) is 6.92 Å². The number of rotatable bonds is 4. The van der Waals surface area contributed by atoms with Crippen molar-refractivity contribution in [3.8, 4) is 0 Å². The number of hydrogen-bond acceptors (Lipinski definition) is 7. The molecule has 0 aromatic carbocycles. The van der Waals surface area contributed by atoms with E-state index in [1.54, 1.807) is 17.8 Å². The standard InChI is InChI=1S/C12H14N2O3S3.Na/c1-2-13-5-6-19-9(13)4-3-8-11(17)14(7-10(15)16)12(18)20-8;/h3-4H,2,5-7H2,1H3,(H,15,16);/q;+1/p-1. The quantitative estimate of drug-likeness (QED) is 0.312. The molecule has 108 valence electrons. The molecule has 2 aliphatic heterocycles. The van der Waals surface area contributed by atoms with Crippen LogP contribution in [-0.2, 0) is 9.59 Å². The molecule has 2 rings (SSSR count). The number of carbonyl (C=O) groups excluding carboxylic acids is 2. The Labute approximate surface area is 159 Å². The molecule has 5 nitrogen and oxygen atoms in total. The van der Waals surface area contributed by atoms with Crippen molar-refractivity contribution in [2.75, 3.05) is 25.4 Å². The summed E-state index contributed by atoms with van der Waals surface area (Å²) in [5, 5.41) is 11.7. The molecular weight excluding hydrogens is 339 g/mol. The predicted octanol–water partition coefficient (Wildman–Crippen LogP) is -2.61. The van der Waals surface area contributed by atoms with E-state index in [1.165, 1.54) is 0 Å². The minimum atomic E-state index is -1.32. The van der Waals surface area contributed by atoms with E-state index in [2.05, 4.69) is 11.8 Å². The fourth-order valence-corrected chi connectivity index (χ4v) is 4.14. The van der Waals surface area contributed by atoms with Gasteiger partial charge in [0.2, 0.25) is 0 Å². The SMILES string of the molecule is CCN1CCSC1=CC=C1SC(=S)N(CC(=O)[O-])C1=O.[Na+]. The van der Waals surface area contributed by atoms with Gasteiger partial charge in [0.1, 0.15) is 4.32 Å². The first-order chi connectivity index (χ1) is 9.52. The van der Waals surface area contributed by atoms with Crippen LogP contribution in [0.15, 0.2) is 22.1 Å². The summed E-state index contributed by atoms with van der Waals surface area (Å²) >= 11 is 7.87. The molecule has 2 fully saturated rings. The number of allylic oxidation sites excluding steroid dienone is 2. The van der Waals surface area contributed by atoms with Crippen molar-refractivity contribution in [3.05, 3.63) is 22.1 Å². The van der Waals surface area contributed by atoms with Crippen LogP contribution in [0.25, 0.3) is 0 Å². The first-order valence-electron chi connectivity index (χ1n) is 6.06. The van der Waals surface area contributed by atoms with Gasteiger partial charge in [0.25, 0.3) is 5.91 Å². The van der Waals surface area contributed by atoms with Gasteiger partial charge in [-0.1, -0.05) is 24.0 Å². The molecule has 0 aromatic rings. The van der Waals surface area contributed by atoms with Crippen LogP contribution in [0.2, 0.25) is 0 Å². The first-order valence-corrected chi connectivity index (χ1v) is 8.27. The third-order valence-electron chi connectivity index (χ3n) is 2.84. The molecule has 0 atom stereocenters. The molecular formula is C12H13N2NaO3S3. The number of aliphatic carboxylic acids is 1. The number of thioether (sulfide) groups is 2. The summed E-state index contributed by atoms with van der Waals surface area (Å²) in [6, 6.07) is 0. The summed E-state index contributed by atoms with van der Waals surface area (Å²) in [7, 11) is 0. The van der Waals surface area contributed by atoms with Crippen LogP contribution < -0.4 is 34.7 Å². The Morgan fingerprint density at radius 2 is 2.19 bits per heavy atom. The second-order valence-electron chi connectivity index (χ2n) is 4.10. The molecule has 0 aliphatic carbocycles. The zero-order valence-corrected chi connectivity index (χ0v) is 16.3. The number of hydrogen-bond donors (Lipinski definition) is 0. The van der Waals surface area contributed by atoms with Crippen LogP contribution in [0, 0.1) is 0 Å². The molecule has 0 bridgehead atoms. The van der Waals surface area contributed by atoms with E-state index in [1.807, 2.05) is 6.08 Å². The maximum absolute atomic E-state index is 12.0. The van der Waals surface area contributed by atoms with Crippen LogP contribution in [0.1, 0.15) is 6.92 Å². The number of carboxylic acids is 1. The van der Waals surface area contributed by atoms with E-state index >= 15 is 0 Å². The monoisotopic (exact) mass is 352 g/mol. The van der Waals surface area contributed by atoms with Gasteiger partial charge in [-0.3, -0.25) is 9.69 Å². The van der Waals surface area contributed by atoms with Gasteiger partial charge < -0.3 is 14.8 Å². The molecule has 2 heterocycles. The average molecular weight is 352 g/mol. The van der Waals surface area contributed by atoms with E-state index in [0.717, 1.165) is 40.5 Å². The van der Waals surface area contributed by atoms with Gasteiger partial charge in [-0.15, -0.1) is 11.8 Å². The molecule has 21 heavy (non-hydrogen) atoms. The summed E-state index contributed by atoms with van der Waals surface area (Å²) in [5.41, 5.74) is 0. The molecule has 2 saturated heterocycles. The minimum Gasteiger partial charge on any atom is -0.548 e. The van der Waals surface area contributed by atoms with Gasteiger partial charge in [0.15, 0.2) is 0 Å². The van der Waals surface area contributed by atoms with E-state index < -0.39 is 12.5 Å². The Bertz CT molecular complexity index is 522. The van der Waals surface area contributed by atoms with Crippen molar-refractivity contribution in [2.24, 2.45) is 0 Å². The van der Waals surface area contributed by atoms with Gasteiger partial charge in [0.05, 0.1) is 22.4 Å². The van der Waals surface area contributed by atoms with Crippen molar-refractivity contribution in [1.29, 1.82) is 0 Å². The predicted molar refractivity (Wildman–Crippen MR) is 82.8 cm³/mol. The van der Waals surface area contributed by atoms with Crippen LogP contribution in [-0.4, -0.2) is 51.4 Å². The van der Waals surface area contributed by atoms with Gasteiger partial charge in [-0.05, 0) is 19.1 Å². The molecule has 0 N–H and O–H groups in total. The Hall–Kier alpha value is 0.01000. The van der Waals surface area contributed by atoms with Gasteiger partial charge in [-0.25, -0.2) is 0 Å². The number of thiocarbonyl (C=S) groups is 1. The van der Waals surface area contributed by atoms with Crippen LogP contribution in [0.4, 0.5) is 0 Å². The summed E-state index contributed by atoms with van der Waals surface area (Å²) in [6.07, 6.45) is 3.61. The van der Waals surface area contributed by atoms with Gasteiger partial charge >= 0.3 is 29.6 Å². The molecule has 0 unspecified atom stereocenters. The third kappa shape index (κ3) is 4.74. The van der Waals surface area contributed by atoms with E-state index in [-0.39, 0.29) is 39.8 Å². The van der Waals surface area contributed by atoms with E-state index in [0.29, 0.717) is 4.91 Å². The first kappa shape index (κ1) is 19.1. The van der Waals surface area contributed by atoms with Crippen molar-refractivity contribution >= 4 is 51.9 Å². The Balaban J connectivity index is 0.00000220. The Kier molecular flexibility index (Phi) is 7.80. The van der Waals surface area contributed by atoms with Crippen LogP contribution in [0.3, 0.4) is 0 Å². The second-order valence-corrected chi connectivity index (χ2v) is 6.89. The summed E-state index contributed by atoms with van der Waals surface area (Å²) in [5.74, 6) is -0.643. The van der Waals surface area contributed by atoms with Gasteiger partial charge in [-0.2, -0.15) is 0 Å². The van der Waals surface area contributed by atoms with Crippen molar-refractivity contribution < 1.29 is 44.3 Å². The summed E-state index contributed by atoms with van der Waals surface area (Å²) in [4.78, 5) is 26.3. The van der Waals surface area contributed by atoms with Gasteiger partial charge in [0, 0.05) is 18.8 Å². The number of amides is 1. The zero-order valence-electron chi connectivity index (χ0n) is 11.8. The maximum Gasteiger partial charge on any atom is 1.00 e. The number of nitrogens with zero attached hydrogens (tertiary/aromatic N) is 2. The van der Waals surface area contributed by atoms with Crippen LogP contribution in [0.5, 0.6) is 0 Å². The fourth-order valence-electron chi connectivity index (χ4n) is 1.86. The third-order valence-corrected chi connectivity index (χ3v) is 5.32. The normalized spacial score (nSPS) is 22.3. The molecule has 0 aromatic heterocycles. The molecule has 0 saturated carbocycles. The smallest absolute Gasteiger partial charge is 0.548 e. The second kappa shape index (κ2) is 8.59. The van der Waals surface area contributed by atoms with Crippen molar-refractivity contribution in [1.82, 2.24) is 9.80 Å². The number of carboxylic acid groups (broad SMARTS) is 1. The van der Waals surface area contributed by atoms with E-state index in [4.69, 9.17) is 12.2 Å². The van der Waals surface area contributed by atoms with E-state index in [9.17, 15) is 14.7 Å². The molecule has 0 spiro atoms. The maximum atomic E-state index is 12.0. The largest absolute Gasteiger partial charge is 1.00 e. The fraction of sp³-hybridized carbons (Fsp3) is 0.417. The Morgan fingerprint density at radius 1 is 1.48 bits per heavy atom. The minimum absolute atomic E-state index is 0. The summed E-state index contributed by atoms with van der Waals surface area (Å²) < 4.78 is 0.260. The summed E-state index contributed by atoms with van der Waals surface area (Å²) in [6.45, 7) is 3.53. The molecule has 2 aliphatic rings. The molecule has 1 amide bonds. The zero-order chi connectivity index (χ0) is 14.7. The van der Waals surface area contributed by atoms with Crippen molar-refractivity contribution in [3.63, 3.8) is 0 Å². The number of carbonyl (C=O) groups is 2. The Morgan fingerprint density at radius 3 is 2.81 bits per heavy atom. The topological polar surface area (TPSA) is 63.7 Å². The van der Waals surface area contributed by atoms with Crippen LogP contribution >= 0.6 is 35.7 Å². The molecule has 0 radical (unpaired) electrons.